The van der Waals surface area contributed by atoms with Crippen LogP contribution in [0.15, 0.2) is 42.5 Å². The number of aliphatic hydroxyl groups excluding tert-OH is 1. The van der Waals surface area contributed by atoms with Crippen molar-refractivity contribution < 1.29 is 31.9 Å². The molecular formula is C32H47F2N3O5S. The fourth-order valence-corrected chi connectivity index (χ4v) is 7.26. The number of nitrogens with two attached hydrogens (primary N) is 1. The Labute approximate surface area is 255 Å². The van der Waals surface area contributed by atoms with Crippen LogP contribution in [0, 0.1) is 11.6 Å². The van der Waals surface area contributed by atoms with Gasteiger partial charge < -0.3 is 21.1 Å². The molecule has 4 N–H and O–H groups in total. The molecule has 2 aromatic carbocycles. The largest absolute Gasteiger partial charge is 0.390 e. The van der Waals surface area contributed by atoms with E-state index in [1.165, 1.54) is 4.90 Å². The summed E-state index contributed by atoms with van der Waals surface area (Å²) in [5.74, 6) is -3.26. The Morgan fingerprint density at radius 3 is 2.12 bits per heavy atom. The second-order valence-corrected chi connectivity index (χ2v) is 13.4. The van der Waals surface area contributed by atoms with Crippen LogP contribution >= 0.6 is 0 Å². The normalized spacial score (nSPS) is 13.9. The minimum absolute atomic E-state index is 0.0247. The smallest absolute Gasteiger partial charge is 0.246 e. The maximum atomic E-state index is 14.1. The van der Waals surface area contributed by atoms with Crippen LogP contribution in [-0.2, 0) is 38.8 Å². The zero-order valence-corrected chi connectivity index (χ0v) is 26.5. The number of halogens is 2. The van der Waals surface area contributed by atoms with Crippen molar-refractivity contribution in [2.24, 2.45) is 5.73 Å². The third-order valence-electron chi connectivity index (χ3n) is 7.46. The van der Waals surface area contributed by atoms with Crippen LogP contribution in [0.1, 0.15) is 76.5 Å². The molecule has 240 valence electrons. The first kappa shape index (κ1) is 36.3. The number of aryl methyl sites for hydroxylation is 1. The van der Waals surface area contributed by atoms with E-state index in [1.54, 1.807) is 6.92 Å². The molecule has 0 heterocycles. The zero-order chi connectivity index (χ0) is 32.2. The molecule has 0 spiro atoms. The maximum Gasteiger partial charge on any atom is 0.246 e. The number of hydrogen-bond donors (Lipinski definition) is 3. The van der Waals surface area contributed by atoms with Gasteiger partial charge in [-0.3, -0.25) is 9.59 Å². The minimum Gasteiger partial charge on any atom is -0.390 e. The van der Waals surface area contributed by atoms with Gasteiger partial charge in [-0.1, -0.05) is 64.8 Å². The van der Waals surface area contributed by atoms with Crippen LogP contribution < -0.4 is 11.1 Å². The van der Waals surface area contributed by atoms with Gasteiger partial charge in [0.2, 0.25) is 11.8 Å². The van der Waals surface area contributed by atoms with Crippen LogP contribution in [0.5, 0.6) is 0 Å². The molecule has 0 saturated heterocycles. The van der Waals surface area contributed by atoms with Gasteiger partial charge in [-0.2, -0.15) is 0 Å². The molecule has 0 aliphatic carbocycles. The number of rotatable bonds is 18. The summed E-state index contributed by atoms with van der Waals surface area (Å²) in [6.07, 6.45) is 1.62. The van der Waals surface area contributed by atoms with Gasteiger partial charge in [-0.15, -0.1) is 0 Å². The highest BCUT2D eigenvalue weighted by atomic mass is 32.2. The monoisotopic (exact) mass is 623 g/mol. The number of benzene rings is 2. The van der Waals surface area contributed by atoms with Gasteiger partial charge in [0, 0.05) is 31.6 Å². The fourth-order valence-electron chi connectivity index (χ4n) is 5.11. The summed E-state index contributed by atoms with van der Waals surface area (Å²) in [4.78, 5) is 27.9. The van der Waals surface area contributed by atoms with Crippen LogP contribution in [0.4, 0.5) is 8.78 Å². The first-order valence-corrected chi connectivity index (χ1v) is 16.8. The van der Waals surface area contributed by atoms with Crippen LogP contribution in [0.2, 0.25) is 0 Å². The number of nitrogens with zero attached hydrogens (tertiary/aromatic N) is 1. The molecule has 0 radical (unpaired) electrons. The Morgan fingerprint density at radius 2 is 1.56 bits per heavy atom. The Kier molecular flexibility index (Phi) is 14.7. The number of hydrogen-bond acceptors (Lipinski definition) is 6. The van der Waals surface area contributed by atoms with E-state index >= 15 is 0 Å². The van der Waals surface area contributed by atoms with Crippen molar-refractivity contribution in [2.45, 2.75) is 103 Å². The molecule has 11 heteroatoms. The van der Waals surface area contributed by atoms with E-state index in [9.17, 15) is 31.9 Å². The molecule has 8 nitrogen and oxygen atoms in total. The predicted octanol–water partition coefficient (Wildman–Crippen LogP) is 4.07. The SMILES string of the molecule is CCCC(CCC)S(=O)(=O)C[C@@H](NC(=O)CC)C(=O)N(Cc1cccc(CC)c1)C[C@H](O)[C@@H](N)Cc1cc(F)cc(F)c1. The minimum atomic E-state index is -3.78. The van der Waals surface area contributed by atoms with Crippen molar-refractivity contribution in [3.8, 4) is 0 Å². The fraction of sp³-hybridized carbons (Fsp3) is 0.562. The molecule has 43 heavy (non-hydrogen) atoms. The number of carbonyl (C=O) groups is 2. The van der Waals surface area contributed by atoms with Crippen LogP contribution in [0.3, 0.4) is 0 Å². The number of sulfone groups is 1. The molecule has 0 saturated carbocycles. The summed E-state index contributed by atoms with van der Waals surface area (Å²) in [6.45, 7) is 7.12. The van der Waals surface area contributed by atoms with Gasteiger partial charge in [0.1, 0.15) is 17.7 Å². The predicted molar refractivity (Wildman–Crippen MR) is 165 cm³/mol. The van der Waals surface area contributed by atoms with E-state index in [-0.39, 0.29) is 31.5 Å². The highest BCUT2D eigenvalue weighted by molar-refractivity contribution is 7.92. The molecule has 2 aromatic rings. The van der Waals surface area contributed by atoms with Crippen LogP contribution in [0.25, 0.3) is 0 Å². The van der Waals surface area contributed by atoms with Gasteiger partial charge >= 0.3 is 0 Å². The summed E-state index contributed by atoms with van der Waals surface area (Å²) < 4.78 is 54.5. The average Bonchev–Trinajstić information content (AvgIpc) is 2.95. The lowest BCUT2D eigenvalue weighted by Crippen LogP contribution is -2.55. The highest BCUT2D eigenvalue weighted by Gasteiger charge is 2.35. The molecule has 2 rings (SSSR count). The summed E-state index contributed by atoms with van der Waals surface area (Å²) in [7, 11) is -3.78. The van der Waals surface area contributed by atoms with E-state index in [0.717, 1.165) is 35.7 Å². The quantitative estimate of drug-likeness (QED) is 0.230. The molecule has 0 aliphatic rings. The van der Waals surface area contributed by atoms with Gasteiger partial charge in [-0.05, 0) is 54.5 Å². The number of aliphatic hydroxyl groups is 1. The maximum absolute atomic E-state index is 14.1. The molecule has 0 fully saturated rings. The standard InChI is InChI=1S/C32H47F2N3O5S/c1-5-10-27(11-6-2)43(41,42)21-29(36-31(39)8-4)32(40)37(19-23-13-9-12-22(7-3)14-23)20-30(38)28(35)17-24-15-25(33)18-26(34)16-24/h9,12-16,18,27-30,38H,5-8,10-11,17,19-21,35H2,1-4H3,(H,36,39)/t28-,29+,30-/m0/s1. The third kappa shape index (κ3) is 11.6. The lowest BCUT2D eigenvalue weighted by Gasteiger charge is -2.32. The van der Waals surface area contributed by atoms with Crippen molar-refractivity contribution in [1.82, 2.24) is 10.2 Å². The summed E-state index contributed by atoms with van der Waals surface area (Å²) in [5, 5.41) is 13.0. The van der Waals surface area contributed by atoms with E-state index in [2.05, 4.69) is 5.32 Å². The van der Waals surface area contributed by atoms with Gasteiger partial charge in [0.25, 0.3) is 0 Å². The summed E-state index contributed by atoms with van der Waals surface area (Å²) in [5.41, 5.74) is 8.24. The number of nitrogens with one attached hydrogen (secondary N) is 1. The van der Waals surface area contributed by atoms with E-state index < -0.39 is 62.5 Å². The lowest BCUT2D eigenvalue weighted by molar-refractivity contribution is -0.137. The first-order chi connectivity index (χ1) is 20.3. The van der Waals surface area contributed by atoms with E-state index in [1.807, 2.05) is 45.0 Å². The van der Waals surface area contributed by atoms with Crippen molar-refractivity contribution >= 4 is 21.7 Å². The number of amides is 2. The Morgan fingerprint density at radius 1 is 0.953 bits per heavy atom. The zero-order valence-electron chi connectivity index (χ0n) is 25.7. The molecule has 3 atom stereocenters. The Bertz CT molecular complexity index is 1280. The number of carbonyl (C=O) groups excluding carboxylic acids is 2. The van der Waals surface area contributed by atoms with Crippen molar-refractivity contribution in [3.05, 3.63) is 70.8 Å². The van der Waals surface area contributed by atoms with E-state index in [0.29, 0.717) is 25.7 Å². The van der Waals surface area contributed by atoms with Gasteiger partial charge in [0.05, 0.1) is 17.1 Å². The Hall–Kier alpha value is -2.89. The van der Waals surface area contributed by atoms with Gasteiger partial charge in [-0.25, -0.2) is 17.2 Å². The van der Waals surface area contributed by atoms with Crippen LogP contribution in [-0.4, -0.2) is 66.0 Å². The Balaban J connectivity index is 2.42. The third-order valence-corrected chi connectivity index (χ3v) is 9.75. The first-order valence-electron chi connectivity index (χ1n) is 15.1. The molecular weight excluding hydrogens is 576 g/mol. The highest BCUT2D eigenvalue weighted by Crippen LogP contribution is 2.19. The average molecular weight is 624 g/mol. The van der Waals surface area contributed by atoms with E-state index in [4.69, 9.17) is 5.73 Å². The molecule has 2 amide bonds. The second-order valence-electron chi connectivity index (χ2n) is 11.1. The lowest BCUT2D eigenvalue weighted by atomic mass is 10.0. The summed E-state index contributed by atoms with van der Waals surface area (Å²) in [6, 6.07) is 8.13. The molecule has 0 unspecified atom stereocenters. The van der Waals surface area contributed by atoms with Crippen molar-refractivity contribution in [3.63, 3.8) is 0 Å². The molecule has 0 bridgehead atoms. The molecule has 0 aromatic heterocycles. The molecule has 0 aliphatic heterocycles. The van der Waals surface area contributed by atoms with Gasteiger partial charge in [0.15, 0.2) is 9.84 Å². The van der Waals surface area contributed by atoms with Crippen molar-refractivity contribution in [1.29, 1.82) is 0 Å². The second kappa shape index (κ2) is 17.4. The topological polar surface area (TPSA) is 130 Å². The van der Waals surface area contributed by atoms with Crippen molar-refractivity contribution in [2.75, 3.05) is 12.3 Å². The summed E-state index contributed by atoms with van der Waals surface area (Å²) >= 11 is 0.